The van der Waals surface area contributed by atoms with Gasteiger partial charge in [0, 0.05) is 29.5 Å². The van der Waals surface area contributed by atoms with Crippen molar-refractivity contribution in [3.05, 3.63) is 24.3 Å². The number of nitrogens with one attached hydrogen (secondary N) is 2. The maximum Gasteiger partial charge on any atom is 0.225 e. The van der Waals surface area contributed by atoms with E-state index in [4.69, 9.17) is 10.1 Å². The molecule has 0 saturated heterocycles. The first-order valence-electron chi connectivity index (χ1n) is 8.32. The molecule has 0 atom stereocenters. The smallest absolute Gasteiger partial charge is 0.225 e. The summed E-state index contributed by atoms with van der Waals surface area (Å²) < 4.78 is 0. The van der Waals surface area contributed by atoms with Crippen molar-refractivity contribution in [2.24, 2.45) is 0 Å². The number of hydrogen-bond acceptors (Lipinski definition) is 6. The van der Waals surface area contributed by atoms with E-state index in [-0.39, 0.29) is 6.61 Å². The van der Waals surface area contributed by atoms with E-state index in [0.717, 1.165) is 34.8 Å². The van der Waals surface area contributed by atoms with Gasteiger partial charge in [-0.2, -0.15) is 16.7 Å². The molecule has 124 valence electrons. The Morgan fingerprint density at radius 3 is 2.78 bits per heavy atom. The molecule has 0 bridgehead atoms. The minimum Gasteiger partial charge on any atom is -0.396 e. The number of nitrogens with zero attached hydrogens (tertiary/aromatic N) is 2. The lowest BCUT2D eigenvalue weighted by Crippen LogP contribution is -2.17. The number of benzene rings is 1. The van der Waals surface area contributed by atoms with Crippen molar-refractivity contribution in [1.82, 2.24) is 9.97 Å². The Labute approximate surface area is 141 Å². The van der Waals surface area contributed by atoms with Crippen molar-refractivity contribution in [2.45, 2.75) is 31.7 Å². The Balaban J connectivity index is 1.73. The average molecular weight is 332 g/mol. The van der Waals surface area contributed by atoms with Crippen LogP contribution in [0.4, 0.5) is 11.8 Å². The largest absolute Gasteiger partial charge is 0.396 e. The maximum absolute atomic E-state index is 8.80. The van der Waals surface area contributed by atoms with Crippen LogP contribution in [-0.4, -0.2) is 45.8 Å². The van der Waals surface area contributed by atoms with Crippen molar-refractivity contribution in [3.8, 4) is 0 Å². The van der Waals surface area contributed by atoms with Gasteiger partial charge in [0.2, 0.25) is 5.95 Å². The Bertz CT molecular complexity index is 631. The highest BCUT2D eigenvalue weighted by Gasteiger charge is 2.17. The van der Waals surface area contributed by atoms with Gasteiger partial charge in [-0.1, -0.05) is 25.0 Å². The lowest BCUT2D eigenvalue weighted by molar-refractivity contribution is 0.322. The second kappa shape index (κ2) is 8.36. The van der Waals surface area contributed by atoms with E-state index in [1.54, 1.807) is 11.8 Å². The first kappa shape index (κ1) is 16.3. The summed E-state index contributed by atoms with van der Waals surface area (Å²) in [4.78, 5) is 9.30. The second-order valence-electron chi connectivity index (χ2n) is 5.80. The molecule has 6 heteroatoms. The highest BCUT2D eigenvalue weighted by Crippen LogP contribution is 2.26. The van der Waals surface area contributed by atoms with E-state index < -0.39 is 0 Å². The first-order chi connectivity index (χ1) is 11.4. The monoisotopic (exact) mass is 332 g/mol. The van der Waals surface area contributed by atoms with Gasteiger partial charge < -0.3 is 15.7 Å². The topological polar surface area (TPSA) is 70.1 Å². The van der Waals surface area contributed by atoms with Gasteiger partial charge in [0.1, 0.15) is 5.82 Å². The normalized spacial score (nSPS) is 15.2. The van der Waals surface area contributed by atoms with E-state index in [9.17, 15) is 0 Å². The maximum atomic E-state index is 8.80. The summed E-state index contributed by atoms with van der Waals surface area (Å²) >= 11 is 1.72. The van der Waals surface area contributed by atoms with Crippen LogP contribution in [0.3, 0.4) is 0 Å². The fourth-order valence-electron chi connectivity index (χ4n) is 2.93. The van der Waals surface area contributed by atoms with E-state index in [0.29, 0.717) is 12.0 Å². The molecular formula is C17H24N4OS. The standard InChI is InChI=1S/C17H24N4OS/c22-10-12-23-11-9-18-17-20-15-8-4-3-7-14(15)16(21-17)19-13-5-1-2-6-13/h3-4,7-8,13,22H,1-2,5-6,9-12H2,(H2,18,19,20,21). The molecule has 23 heavy (non-hydrogen) atoms. The number of hydrogen-bond donors (Lipinski definition) is 3. The third kappa shape index (κ3) is 4.48. The summed E-state index contributed by atoms with van der Waals surface area (Å²) in [5.74, 6) is 3.32. The summed E-state index contributed by atoms with van der Waals surface area (Å²) in [6.45, 7) is 1.03. The Hall–Kier alpha value is -1.53. The third-order valence-corrected chi connectivity index (χ3v) is 5.03. The van der Waals surface area contributed by atoms with Crippen LogP contribution in [0, 0.1) is 0 Å². The van der Waals surface area contributed by atoms with Crippen LogP contribution in [0.25, 0.3) is 10.9 Å². The van der Waals surface area contributed by atoms with Gasteiger partial charge in [-0.25, -0.2) is 4.98 Å². The molecule has 0 radical (unpaired) electrons. The Kier molecular flexibility index (Phi) is 5.93. The molecule has 1 fully saturated rings. The number of anilines is 2. The van der Waals surface area contributed by atoms with Gasteiger partial charge in [0.05, 0.1) is 12.1 Å². The number of thioether (sulfide) groups is 1. The van der Waals surface area contributed by atoms with Gasteiger partial charge in [0.15, 0.2) is 0 Å². The summed E-state index contributed by atoms with van der Waals surface area (Å²) in [6, 6.07) is 8.68. The predicted octanol–water partition coefficient (Wildman–Crippen LogP) is 3.12. The first-order valence-corrected chi connectivity index (χ1v) is 9.48. The molecule has 1 aliphatic rings. The SMILES string of the molecule is OCCSCCNc1nc(NC2CCCC2)c2ccccc2n1. The zero-order valence-electron chi connectivity index (χ0n) is 13.3. The number of rotatable bonds is 8. The molecule has 1 heterocycles. The van der Waals surface area contributed by atoms with Gasteiger partial charge in [-0.3, -0.25) is 0 Å². The van der Waals surface area contributed by atoms with E-state index in [1.165, 1.54) is 25.7 Å². The molecule has 0 amide bonds. The molecule has 3 N–H and O–H groups in total. The molecule has 1 saturated carbocycles. The quantitative estimate of drug-likeness (QED) is 0.645. The van der Waals surface area contributed by atoms with Gasteiger partial charge in [-0.15, -0.1) is 0 Å². The van der Waals surface area contributed by atoms with Crippen LogP contribution in [0.2, 0.25) is 0 Å². The molecular weight excluding hydrogens is 308 g/mol. The second-order valence-corrected chi connectivity index (χ2v) is 7.03. The minimum atomic E-state index is 0.229. The molecule has 2 aromatic rings. The van der Waals surface area contributed by atoms with Crippen molar-refractivity contribution in [1.29, 1.82) is 0 Å². The van der Waals surface area contributed by atoms with Gasteiger partial charge in [0.25, 0.3) is 0 Å². The highest BCUT2D eigenvalue weighted by molar-refractivity contribution is 7.99. The number of aliphatic hydroxyl groups excluding tert-OH is 1. The van der Waals surface area contributed by atoms with E-state index in [1.807, 2.05) is 18.2 Å². The zero-order valence-corrected chi connectivity index (χ0v) is 14.1. The summed E-state index contributed by atoms with van der Waals surface area (Å²) in [5, 5.41) is 16.8. The summed E-state index contributed by atoms with van der Waals surface area (Å²) in [6.07, 6.45) is 5.04. The molecule has 1 aromatic carbocycles. The third-order valence-electron chi connectivity index (χ3n) is 4.06. The molecule has 1 aliphatic carbocycles. The van der Waals surface area contributed by atoms with Crippen LogP contribution in [0.15, 0.2) is 24.3 Å². The van der Waals surface area contributed by atoms with Crippen LogP contribution in [0.5, 0.6) is 0 Å². The van der Waals surface area contributed by atoms with Crippen molar-refractivity contribution < 1.29 is 5.11 Å². The van der Waals surface area contributed by atoms with Crippen molar-refractivity contribution >= 4 is 34.4 Å². The fourth-order valence-corrected chi connectivity index (χ4v) is 3.51. The minimum absolute atomic E-state index is 0.229. The van der Waals surface area contributed by atoms with Crippen LogP contribution in [-0.2, 0) is 0 Å². The number of aliphatic hydroxyl groups is 1. The fraction of sp³-hybridized carbons (Fsp3) is 0.529. The molecule has 0 aliphatic heterocycles. The summed E-state index contributed by atoms with van der Waals surface area (Å²) in [5.41, 5.74) is 0.966. The van der Waals surface area contributed by atoms with Crippen LogP contribution < -0.4 is 10.6 Å². The predicted molar refractivity (Wildman–Crippen MR) is 98.3 cm³/mol. The lowest BCUT2D eigenvalue weighted by Gasteiger charge is -2.16. The van der Waals surface area contributed by atoms with Gasteiger partial charge >= 0.3 is 0 Å². The lowest BCUT2D eigenvalue weighted by atomic mass is 10.2. The summed E-state index contributed by atoms with van der Waals surface area (Å²) in [7, 11) is 0. The Morgan fingerprint density at radius 2 is 1.96 bits per heavy atom. The highest BCUT2D eigenvalue weighted by atomic mass is 32.2. The van der Waals surface area contributed by atoms with Crippen LogP contribution >= 0.6 is 11.8 Å². The van der Waals surface area contributed by atoms with Crippen molar-refractivity contribution in [2.75, 3.05) is 35.3 Å². The van der Waals surface area contributed by atoms with Gasteiger partial charge in [-0.05, 0) is 25.0 Å². The molecule has 3 rings (SSSR count). The van der Waals surface area contributed by atoms with Crippen molar-refractivity contribution in [3.63, 3.8) is 0 Å². The average Bonchev–Trinajstić information content (AvgIpc) is 3.08. The number of fused-ring (bicyclic) bond motifs is 1. The molecule has 1 aromatic heterocycles. The molecule has 0 spiro atoms. The zero-order chi connectivity index (χ0) is 15.9. The van der Waals surface area contributed by atoms with E-state index in [2.05, 4.69) is 21.7 Å². The Morgan fingerprint density at radius 1 is 1.13 bits per heavy atom. The van der Waals surface area contributed by atoms with Crippen LogP contribution in [0.1, 0.15) is 25.7 Å². The molecule has 0 unspecified atom stereocenters. The number of para-hydroxylation sites is 1. The molecule has 5 nitrogen and oxygen atoms in total. The van der Waals surface area contributed by atoms with E-state index >= 15 is 0 Å². The number of aromatic nitrogens is 2.